The van der Waals surface area contributed by atoms with E-state index in [0.29, 0.717) is 19.7 Å². The van der Waals surface area contributed by atoms with Gasteiger partial charge in [-0.15, -0.1) is 11.3 Å². The molecule has 6 nitrogen and oxygen atoms in total. The highest BCUT2D eigenvalue weighted by Crippen LogP contribution is 2.32. The molecule has 1 amide bonds. The van der Waals surface area contributed by atoms with Gasteiger partial charge in [-0.05, 0) is 31.5 Å². The average molecular weight is 362 g/mol. The molecule has 1 saturated heterocycles. The first-order valence-corrected chi connectivity index (χ1v) is 9.04. The molecular formula is C18H22N2O4S. The fourth-order valence-corrected chi connectivity index (χ4v) is 4.08. The van der Waals surface area contributed by atoms with Crippen molar-refractivity contribution in [1.29, 1.82) is 0 Å². The van der Waals surface area contributed by atoms with Crippen LogP contribution in [0.3, 0.4) is 0 Å². The summed E-state index contributed by atoms with van der Waals surface area (Å²) in [6, 6.07) is 3.89. The van der Waals surface area contributed by atoms with Crippen LogP contribution in [0.5, 0.6) is 0 Å². The van der Waals surface area contributed by atoms with Crippen molar-refractivity contribution in [2.24, 2.45) is 0 Å². The molecule has 25 heavy (non-hydrogen) atoms. The van der Waals surface area contributed by atoms with Crippen LogP contribution in [-0.4, -0.2) is 54.3 Å². The van der Waals surface area contributed by atoms with Crippen molar-refractivity contribution in [1.82, 2.24) is 9.47 Å². The van der Waals surface area contributed by atoms with Gasteiger partial charge in [0.15, 0.2) is 0 Å². The molecule has 0 N–H and O–H groups in total. The molecule has 3 heterocycles. The van der Waals surface area contributed by atoms with E-state index in [1.807, 2.05) is 42.9 Å². The van der Waals surface area contributed by atoms with E-state index in [1.54, 1.807) is 16.2 Å². The fourth-order valence-electron chi connectivity index (χ4n) is 2.97. The first-order valence-electron chi connectivity index (χ1n) is 8.22. The summed E-state index contributed by atoms with van der Waals surface area (Å²) in [7, 11) is 1.36. The Morgan fingerprint density at radius 1 is 1.32 bits per heavy atom. The van der Waals surface area contributed by atoms with Gasteiger partial charge in [0.1, 0.15) is 5.00 Å². The van der Waals surface area contributed by atoms with Crippen molar-refractivity contribution in [3.8, 4) is 5.00 Å². The molecule has 0 aliphatic carbocycles. The van der Waals surface area contributed by atoms with E-state index in [9.17, 15) is 9.59 Å². The molecule has 1 atom stereocenters. The molecule has 1 aliphatic heterocycles. The van der Waals surface area contributed by atoms with Crippen molar-refractivity contribution in [2.75, 3.05) is 26.8 Å². The zero-order valence-corrected chi connectivity index (χ0v) is 15.5. The van der Waals surface area contributed by atoms with Gasteiger partial charge in [0, 0.05) is 30.4 Å². The minimum absolute atomic E-state index is 0.0104. The Hall–Kier alpha value is -2.12. The van der Waals surface area contributed by atoms with Gasteiger partial charge in [-0.1, -0.05) is 0 Å². The molecule has 3 rings (SSSR count). The van der Waals surface area contributed by atoms with Gasteiger partial charge in [-0.3, -0.25) is 9.59 Å². The molecular weight excluding hydrogens is 340 g/mol. The van der Waals surface area contributed by atoms with Gasteiger partial charge < -0.3 is 18.9 Å². The van der Waals surface area contributed by atoms with E-state index >= 15 is 0 Å². The Bertz CT molecular complexity index is 766. The molecule has 0 radical (unpaired) electrons. The summed E-state index contributed by atoms with van der Waals surface area (Å²) in [5.41, 5.74) is 1.74. The topological polar surface area (TPSA) is 60.8 Å². The van der Waals surface area contributed by atoms with E-state index < -0.39 is 0 Å². The van der Waals surface area contributed by atoms with E-state index in [2.05, 4.69) is 0 Å². The summed E-state index contributed by atoms with van der Waals surface area (Å²) in [4.78, 5) is 27.6. The predicted octanol–water partition coefficient (Wildman–Crippen LogP) is 2.56. The van der Waals surface area contributed by atoms with Gasteiger partial charge in [-0.2, -0.15) is 0 Å². The number of rotatable bonds is 4. The van der Waals surface area contributed by atoms with Crippen LogP contribution in [-0.2, 0) is 14.3 Å². The van der Waals surface area contributed by atoms with Gasteiger partial charge in [0.2, 0.25) is 0 Å². The SMILES string of the molecule is COC(=O)C[C@H]1CN(C(=O)c2c(-n3cccc3)sc(C)c2C)CCO1. The third-order valence-electron chi connectivity index (χ3n) is 4.47. The van der Waals surface area contributed by atoms with Gasteiger partial charge in [0.05, 0.1) is 31.8 Å². The summed E-state index contributed by atoms with van der Waals surface area (Å²) in [5.74, 6) is -0.335. The summed E-state index contributed by atoms with van der Waals surface area (Å²) in [5, 5.41) is 0.931. The second-order valence-electron chi connectivity index (χ2n) is 6.08. The second-order valence-corrected chi connectivity index (χ2v) is 7.28. The monoisotopic (exact) mass is 362 g/mol. The molecule has 2 aromatic rings. The fraction of sp³-hybridized carbons (Fsp3) is 0.444. The number of carbonyl (C=O) groups excluding carboxylic acids is 2. The van der Waals surface area contributed by atoms with E-state index in [-0.39, 0.29) is 24.4 Å². The highest BCUT2D eigenvalue weighted by Gasteiger charge is 2.30. The second kappa shape index (κ2) is 7.41. The number of morpholine rings is 1. The maximum atomic E-state index is 13.2. The Kier molecular flexibility index (Phi) is 5.24. The molecule has 1 fully saturated rings. The number of esters is 1. The summed E-state index contributed by atoms with van der Waals surface area (Å²) < 4.78 is 12.3. The van der Waals surface area contributed by atoms with Crippen molar-refractivity contribution in [2.45, 2.75) is 26.4 Å². The van der Waals surface area contributed by atoms with Crippen LogP contribution >= 0.6 is 11.3 Å². The normalized spacial score (nSPS) is 17.6. The van der Waals surface area contributed by atoms with Crippen LogP contribution in [0.4, 0.5) is 0 Å². The minimum atomic E-state index is -0.324. The Balaban J connectivity index is 1.84. The van der Waals surface area contributed by atoms with Crippen LogP contribution < -0.4 is 0 Å². The highest BCUT2D eigenvalue weighted by atomic mass is 32.1. The number of methoxy groups -OCH3 is 1. The molecule has 0 spiro atoms. The molecule has 0 aromatic carbocycles. The first-order chi connectivity index (χ1) is 12.0. The van der Waals surface area contributed by atoms with Crippen molar-refractivity contribution in [3.05, 3.63) is 40.5 Å². The smallest absolute Gasteiger partial charge is 0.308 e. The molecule has 7 heteroatoms. The lowest BCUT2D eigenvalue weighted by atomic mass is 10.1. The number of nitrogens with zero attached hydrogens (tertiary/aromatic N) is 2. The summed E-state index contributed by atoms with van der Waals surface area (Å²) in [6.07, 6.45) is 3.73. The quantitative estimate of drug-likeness (QED) is 0.785. The van der Waals surface area contributed by atoms with Gasteiger partial charge in [-0.25, -0.2) is 0 Å². The van der Waals surface area contributed by atoms with Crippen molar-refractivity contribution in [3.63, 3.8) is 0 Å². The Morgan fingerprint density at radius 3 is 2.72 bits per heavy atom. The zero-order chi connectivity index (χ0) is 18.0. The standard InChI is InChI=1S/C18H22N2O4S/c1-12-13(2)25-18(19-6-4-5-7-19)16(12)17(22)20-8-9-24-14(11-20)10-15(21)23-3/h4-7,14H,8-11H2,1-3H3/t14-/m0/s1. The molecule has 1 aliphatic rings. The third kappa shape index (κ3) is 3.62. The minimum Gasteiger partial charge on any atom is -0.469 e. The number of aromatic nitrogens is 1. The van der Waals surface area contributed by atoms with Crippen LogP contribution in [0.25, 0.3) is 5.00 Å². The highest BCUT2D eigenvalue weighted by molar-refractivity contribution is 7.15. The van der Waals surface area contributed by atoms with Gasteiger partial charge in [0.25, 0.3) is 5.91 Å². The molecule has 134 valence electrons. The van der Waals surface area contributed by atoms with Crippen LogP contribution in [0, 0.1) is 13.8 Å². The lowest BCUT2D eigenvalue weighted by molar-refractivity contribution is -0.145. The summed E-state index contributed by atoms with van der Waals surface area (Å²) >= 11 is 1.62. The third-order valence-corrected chi connectivity index (χ3v) is 5.69. The van der Waals surface area contributed by atoms with Crippen molar-refractivity contribution >= 4 is 23.2 Å². The average Bonchev–Trinajstić information content (AvgIpc) is 3.23. The maximum Gasteiger partial charge on any atom is 0.308 e. The largest absolute Gasteiger partial charge is 0.469 e. The zero-order valence-electron chi connectivity index (χ0n) is 14.7. The number of ether oxygens (including phenoxy) is 2. The number of hydrogen-bond acceptors (Lipinski definition) is 5. The Morgan fingerprint density at radius 2 is 2.04 bits per heavy atom. The summed E-state index contributed by atoms with van der Waals surface area (Å²) in [6.45, 7) is 5.36. The van der Waals surface area contributed by atoms with E-state index in [1.165, 1.54) is 7.11 Å². The molecule has 2 aromatic heterocycles. The number of carbonyl (C=O) groups is 2. The molecule has 0 unspecified atom stereocenters. The van der Waals surface area contributed by atoms with Crippen LogP contribution in [0.15, 0.2) is 24.5 Å². The lowest BCUT2D eigenvalue weighted by Gasteiger charge is -2.32. The van der Waals surface area contributed by atoms with Crippen LogP contribution in [0.1, 0.15) is 27.2 Å². The lowest BCUT2D eigenvalue weighted by Crippen LogP contribution is -2.46. The van der Waals surface area contributed by atoms with Crippen molar-refractivity contribution < 1.29 is 19.1 Å². The number of thiophene rings is 1. The predicted molar refractivity (Wildman–Crippen MR) is 95.4 cm³/mol. The van der Waals surface area contributed by atoms with Crippen LogP contribution in [0.2, 0.25) is 0 Å². The number of aryl methyl sites for hydroxylation is 1. The molecule has 0 bridgehead atoms. The van der Waals surface area contributed by atoms with E-state index in [4.69, 9.17) is 9.47 Å². The first kappa shape index (κ1) is 17.7. The number of amides is 1. The Labute approximate surface area is 151 Å². The van der Waals surface area contributed by atoms with E-state index in [0.717, 1.165) is 21.0 Å². The maximum absolute atomic E-state index is 13.2. The molecule has 0 saturated carbocycles. The van der Waals surface area contributed by atoms with Gasteiger partial charge >= 0.3 is 5.97 Å². The number of hydrogen-bond donors (Lipinski definition) is 0.